The molecular formula is C23H24N4O4S. The molecule has 0 saturated heterocycles. The molecule has 1 aromatic heterocycles. The van der Waals surface area contributed by atoms with E-state index in [-0.39, 0.29) is 12.1 Å². The van der Waals surface area contributed by atoms with Crippen LogP contribution in [0.25, 0.3) is 27.7 Å². The van der Waals surface area contributed by atoms with Crippen LogP contribution in [0.4, 0.5) is 5.69 Å². The number of rotatable bonds is 6. The van der Waals surface area contributed by atoms with E-state index < -0.39 is 10.0 Å². The molecule has 8 nitrogen and oxygen atoms in total. The Morgan fingerprint density at radius 2 is 2.09 bits per heavy atom. The van der Waals surface area contributed by atoms with E-state index in [4.69, 9.17) is 15.8 Å². The van der Waals surface area contributed by atoms with E-state index >= 15 is 0 Å². The molecule has 0 amide bonds. The van der Waals surface area contributed by atoms with Gasteiger partial charge in [-0.25, -0.2) is 18.0 Å². The maximum Gasteiger partial charge on any atom is 0.256 e. The second kappa shape index (κ2) is 8.73. The third-order valence-corrected chi connectivity index (χ3v) is 5.93. The monoisotopic (exact) mass is 452 g/mol. The molecule has 0 aliphatic heterocycles. The standard InChI is InChI=1S/C23H24N4O4S/c1-14(2)30-21-12-11-15(13-20(21)24-3)23-25-22(26-31-23)18-9-5-8-17-16(18)7-6-10-19(17)27-32(4,28)29/h5,8-9,11-14,19,27H,6-7,10H2,1-2,4H3/t19-/m1/s1. The number of hydrogen-bond acceptors (Lipinski definition) is 6. The number of benzene rings is 2. The van der Waals surface area contributed by atoms with Crippen LogP contribution in [0.1, 0.15) is 43.9 Å². The van der Waals surface area contributed by atoms with Gasteiger partial charge >= 0.3 is 0 Å². The lowest BCUT2D eigenvalue weighted by Crippen LogP contribution is -2.30. The Morgan fingerprint density at radius 1 is 1.28 bits per heavy atom. The van der Waals surface area contributed by atoms with Crippen molar-refractivity contribution < 1.29 is 17.7 Å². The van der Waals surface area contributed by atoms with Gasteiger partial charge in [0.05, 0.1) is 18.9 Å². The van der Waals surface area contributed by atoms with E-state index in [1.54, 1.807) is 18.2 Å². The van der Waals surface area contributed by atoms with E-state index in [0.717, 1.165) is 36.0 Å². The molecule has 1 atom stereocenters. The number of aromatic nitrogens is 2. The average molecular weight is 453 g/mol. The molecule has 0 bridgehead atoms. The number of sulfonamides is 1. The average Bonchev–Trinajstić information content (AvgIpc) is 3.22. The van der Waals surface area contributed by atoms with E-state index in [1.807, 2.05) is 32.0 Å². The van der Waals surface area contributed by atoms with Gasteiger partial charge in [-0.1, -0.05) is 23.4 Å². The number of nitrogens with zero attached hydrogens (tertiary/aromatic N) is 3. The maximum absolute atomic E-state index is 11.8. The van der Waals surface area contributed by atoms with Crippen LogP contribution >= 0.6 is 0 Å². The van der Waals surface area contributed by atoms with Crippen molar-refractivity contribution in [3.63, 3.8) is 0 Å². The largest absolute Gasteiger partial charge is 0.502 e. The highest BCUT2D eigenvalue weighted by molar-refractivity contribution is 7.88. The van der Waals surface area contributed by atoms with Crippen molar-refractivity contribution in [3.05, 3.63) is 58.9 Å². The number of nitrogens with one attached hydrogen (secondary N) is 1. The Balaban J connectivity index is 1.68. The van der Waals surface area contributed by atoms with Crippen LogP contribution in [-0.4, -0.2) is 30.9 Å². The molecule has 1 aliphatic rings. The van der Waals surface area contributed by atoms with Crippen LogP contribution in [0.2, 0.25) is 0 Å². The third kappa shape index (κ3) is 4.66. The molecular weight excluding hydrogens is 428 g/mol. The molecule has 0 fully saturated rings. The zero-order chi connectivity index (χ0) is 22.9. The van der Waals surface area contributed by atoms with Crippen molar-refractivity contribution in [2.45, 2.75) is 45.3 Å². The minimum Gasteiger partial charge on any atom is -0.502 e. The molecule has 0 spiro atoms. The highest BCUT2D eigenvalue weighted by atomic mass is 32.2. The van der Waals surface area contributed by atoms with Gasteiger partial charge in [0.15, 0.2) is 0 Å². The summed E-state index contributed by atoms with van der Waals surface area (Å²) in [6.07, 6.45) is 3.53. The van der Waals surface area contributed by atoms with Gasteiger partial charge in [-0.3, -0.25) is 0 Å². The van der Waals surface area contributed by atoms with E-state index in [1.165, 1.54) is 6.26 Å². The summed E-state index contributed by atoms with van der Waals surface area (Å²) >= 11 is 0. The lowest BCUT2D eigenvalue weighted by molar-refractivity contribution is 0.244. The van der Waals surface area contributed by atoms with Gasteiger partial charge in [0, 0.05) is 17.2 Å². The predicted molar refractivity (Wildman–Crippen MR) is 121 cm³/mol. The molecule has 2 aromatic carbocycles. The Labute approximate surface area is 187 Å². The fourth-order valence-corrected chi connectivity index (χ4v) is 4.74. The molecule has 1 N–H and O–H groups in total. The van der Waals surface area contributed by atoms with Crippen LogP contribution in [-0.2, 0) is 16.4 Å². The quantitative estimate of drug-likeness (QED) is 0.546. The summed E-state index contributed by atoms with van der Waals surface area (Å²) in [6, 6.07) is 10.7. The summed E-state index contributed by atoms with van der Waals surface area (Å²) in [7, 11) is -3.33. The predicted octanol–water partition coefficient (Wildman–Crippen LogP) is 4.67. The first kappa shape index (κ1) is 22.0. The number of hydrogen-bond donors (Lipinski definition) is 1. The summed E-state index contributed by atoms with van der Waals surface area (Å²) in [6.45, 7) is 11.3. The van der Waals surface area contributed by atoms with Crippen molar-refractivity contribution in [3.8, 4) is 28.6 Å². The van der Waals surface area contributed by atoms with Gasteiger partial charge in [0.2, 0.25) is 21.5 Å². The zero-order valence-corrected chi connectivity index (χ0v) is 18.9. The summed E-state index contributed by atoms with van der Waals surface area (Å²) in [5.41, 5.74) is 3.79. The van der Waals surface area contributed by atoms with Crippen LogP contribution < -0.4 is 9.46 Å². The first-order chi connectivity index (χ1) is 15.2. The summed E-state index contributed by atoms with van der Waals surface area (Å²) in [4.78, 5) is 8.11. The van der Waals surface area contributed by atoms with Crippen LogP contribution in [0.5, 0.6) is 5.75 Å². The first-order valence-corrected chi connectivity index (χ1v) is 12.3. The van der Waals surface area contributed by atoms with E-state index in [9.17, 15) is 8.42 Å². The van der Waals surface area contributed by atoms with Crippen LogP contribution in [0, 0.1) is 6.57 Å². The third-order valence-electron chi connectivity index (χ3n) is 5.22. The molecule has 32 heavy (non-hydrogen) atoms. The van der Waals surface area contributed by atoms with Gasteiger partial charge in [-0.2, -0.15) is 4.98 Å². The molecule has 1 heterocycles. The SMILES string of the molecule is [C-]#[N+]c1cc(-c2nc(-c3cccc4c3CCC[C@H]4NS(C)(=O)=O)no2)ccc1OC(C)C. The smallest absolute Gasteiger partial charge is 0.256 e. The normalized spacial score (nSPS) is 15.9. The van der Waals surface area contributed by atoms with Crippen molar-refractivity contribution in [1.29, 1.82) is 0 Å². The van der Waals surface area contributed by atoms with E-state index in [0.29, 0.717) is 28.7 Å². The molecule has 0 unspecified atom stereocenters. The van der Waals surface area contributed by atoms with Gasteiger partial charge in [0.25, 0.3) is 5.89 Å². The van der Waals surface area contributed by atoms with Gasteiger partial charge in [-0.15, -0.1) is 0 Å². The van der Waals surface area contributed by atoms with Crippen molar-refractivity contribution in [2.24, 2.45) is 0 Å². The number of fused-ring (bicyclic) bond motifs is 1. The van der Waals surface area contributed by atoms with Gasteiger partial charge in [0.1, 0.15) is 5.75 Å². The highest BCUT2D eigenvalue weighted by Gasteiger charge is 2.26. The first-order valence-electron chi connectivity index (χ1n) is 10.4. The summed E-state index contributed by atoms with van der Waals surface area (Å²) < 4.78 is 37.5. The zero-order valence-electron chi connectivity index (χ0n) is 18.1. The highest BCUT2D eigenvalue weighted by Crippen LogP contribution is 2.37. The van der Waals surface area contributed by atoms with E-state index in [2.05, 4.69) is 19.7 Å². The lowest BCUT2D eigenvalue weighted by atomic mass is 9.85. The Bertz CT molecular complexity index is 1290. The van der Waals surface area contributed by atoms with Crippen LogP contribution in [0.15, 0.2) is 40.9 Å². The lowest BCUT2D eigenvalue weighted by Gasteiger charge is -2.26. The molecule has 166 valence electrons. The molecule has 9 heteroatoms. The fraction of sp³-hybridized carbons (Fsp3) is 0.348. The van der Waals surface area contributed by atoms with Crippen molar-refractivity contribution in [1.82, 2.24) is 14.9 Å². The fourth-order valence-electron chi connectivity index (χ4n) is 3.98. The van der Waals surface area contributed by atoms with Crippen molar-refractivity contribution in [2.75, 3.05) is 6.26 Å². The van der Waals surface area contributed by atoms with Crippen LogP contribution in [0.3, 0.4) is 0 Å². The van der Waals surface area contributed by atoms with Gasteiger partial charge in [-0.05, 0) is 62.4 Å². The Kier molecular flexibility index (Phi) is 6.00. The Hall–Kier alpha value is -3.22. The number of ether oxygens (including phenoxy) is 1. The van der Waals surface area contributed by atoms with Crippen molar-refractivity contribution >= 4 is 15.7 Å². The Morgan fingerprint density at radius 3 is 2.81 bits per heavy atom. The minimum atomic E-state index is -3.33. The molecule has 0 radical (unpaired) electrons. The summed E-state index contributed by atoms with van der Waals surface area (Å²) in [5.74, 6) is 1.25. The maximum atomic E-state index is 11.8. The second-order valence-corrected chi connectivity index (χ2v) is 9.87. The molecule has 0 saturated carbocycles. The molecule has 1 aliphatic carbocycles. The summed E-state index contributed by atoms with van der Waals surface area (Å²) in [5, 5.41) is 4.16. The van der Waals surface area contributed by atoms with Gasteiger partial charge < -0.3 is 9.26 Å². The topological polar surface area (TPSA) is 98.7 Å². The molecule has 4 rings (SSSR count). The molecule has 3 aromatic rings. The minimum absolute atomic E-state index is 0.0402. The second-order valence-electron chi connectivity index (χ2n) is 8.09.